The first-order valence-electron chi connectivity index (χ1n) is 5.90. The number of carbonyl (C=O) groups is 1. The first-order valence-corrected chi connectivity index (χ1v) is 7.44. The van der Waals surface area contributed by atoms with E-state index in [4.69, 9.17) is 11.6 Å². The van der Waals surface area contributed by atoms with Gasteiger partial charge in [0.2, 0.25) is 0 Å². The van der Waals surface area contributed by atoms with Crippen molar-refractivity contribution in [1.82, 2.24) is 5.32 Å². The van der Waals surface area contributed by atoms with E-state index in [2.05, 4.69) is 5.32 Å². The Balaban J connectivity index is 2.17. The quantitative estimate of drug-likeness (QED) is 0.688. The maximum Gasteiger partial charge on any atom is 0.282 e. The zero-order valence-electron chi connectivity index (χ0n) is 10.1. The van der Waals surface area contributed by atoms with Gasteiger partial charge in [-0.25, -0.2) is 0 Å². The van der Waals surface area contributed by atoms with Crippen LogP contribution >= 0.6 is 23.4 Å². The van der Waals surface area contributed by atoms with Crippen LogP contribution in [0.1, 0.15) is 23.2 Å². The third-order valence-electron chi connectivity index (χ3n) is 2.90. The van der Waals surface area contributed by atoms with Crippen LogP contribution in [0.15, 0.2) is 18.2 Å². The Morgan fingerprint density at radius 3 is 2.95 bits per heavy atom. The lowest BCUT2D eigenvalue weighted by Crippen LogP contribution is -2.38. The SMILES string of the molecule is O=C(NC1CCCSC1)c1cc(Cl)ccc1[N+](=O)[O-]. The molecule has 1 fully saturated rings. The summed E-state index contributed by atoms with van der Waals surface area (Å²) in [6.45, 7) is 0. The molecule has 1 heterocycles. The van der Waals surface area contributed by atoms with Crippen LogP contribution in [-0.4, -0.2) is 28.4 Å². The molecule has 1 atom stereocenters. The number of amides is 1. The molecule has 102 valence electrons. The second kappa shape index (κ2) is 6.25. The molecule has 0 bridgehead atoms. The topological polar surface area (TPSA) is 72.2 Å². The van der Waals surface area contributed by atoms with E-state index in [1.54, 1.807) is 11.8 Å². The van der Waals surface area contributed by atoms with E-state index in [0.717, 1.165) is 24.3 Å². The van der Waals surface area contributed by atoms with Crippen LogP contribution < -0.4 is 5.32 Å². The molecule has 0 radical (unpaired) electrons. The molecule has 1 saturated heterocycles. The molecule has 1 unspecified atom stereocenters. The van der Waals surface area contributed by atoms with Gasteiger partial charge in [0, 0.05) is 22.9 Å². The van der Waals surface area contributed by atoms with Crippen molar-refractivity contribution in [3.05, 3.63) is 38.9 Å². The van der Waals surface area contributed by atoms with Crippen LogP contribution in [0.2, 0.25) is 5.02 Å². The van der Waals surface area contributed by atoms with Gasteiger partial charge in [-0.2, -0.15) is 11.8 Å². The molecule has 0 saturated carbocycles. The Bertz CT molecular complexity index is 504. The molecule has 1 N–H and O–H groups in total. The van der Waals surface area contributed by atoms with Gasteiger partial charge in [-0.05, 0) is 30.7 Å². The fourth-order valence-corrected chi connectivity index (χ4v) is 3.21. The summed E-state index contributed by atoms with van der Waals surface area (Å²) < 4.78 is 0. The molecular formula is C12H13ClN2O3S. The van der Waals surface area contributed by atoms with Gasteiger partial charge in [0.25, 0.3) is 11.6 Å². The highest BCUT2D eigenvalue weighted by atomic mass is 35.5. The van der Waals surface area contributed by atoms with Crippen LogP contribution in [0, 0.1) is 10.1 Å². The highest BCUT2D eigenvalue weighted by Gasteiger charge is 2.23. The van der Waals surface area contributed by atoms with Crippen molar-refractivity contribution in [2.75, 3.05) is 11.5 Å². The highest BCUT2D eigenvalue weighted by molar-refractivity contribution is 7.99. The van der Waals surface area contributed by atoms with Gasteiger partial charge in [0.15, 0.2) is 0 Å². The van der Waals surface area contributed by atoms with Crippen LogP contribution in [-0.2, 0) is 0 Å². The lowest BCUT2D eigenvalue weighted by atomic mass is 10.1. The van der Waals surface area contributed by atoms with E-state index in [0.29, 0.717) is 5.02 Å². The number of carbonyl (C=O) groups excluding carboxylic acids is 1. The zero-order chi connectivity index (χ0) is 13.8. The summed E-state index contributed by atoms with van der Waals surface area (Å²) in [6, 6.07) is 4.08. The summed E-state index contributed by atoms with van der Waals surface area (Å²) in [6.07, 6.45) is 1.96. The van der Waals surface area contributed by atoms with Crippen molar-refractivity contribution in [1.29, 1.82) is 0 Å². The number of hydrogen-bond acceptors (Lipinski definition) is 4. The Morgan fingerprint density at radius 1 is 1.53 bits per heavy atom. The molecule has 0 aromatic heterocycles. The largest absolute Gasteiger partial charge is 0.348 e. The number of benzene rings is 1. The fourth-order valence-electron chi connectivity index (χ4n) is 1.97. The highest BCUT2D eigenvalue weighted by Crippen LogP contribution is 2.23. The number of nitrogens with zero attached hydrogens (tertiary/aromatic N) is 1. The van der Waals surface area contributed by atoms with Crippen molar-refractivity contribution in [3.63, 3.8) is 0 Å². The molecule has 1 aliphatic rings. The van der Waals surface area contributed by atoms with Gasteiger partial charge in [0.1, 0.15) is 5.56 Å². The van der Waals surface area contributed by atoms with Crippen LogP contribution in [0.3, 0.4) is 0 Å². The van der Waals surface area contributed by atoms with Gasteiger partial charge in [0.05, 0.1) is 4.92 Å². The fraction of sp³-hybridized carbons (Fsp3) is 0.417. The average Bonchev–Trinajstić information content (AvgIpc) is 2.39. The maximum absolute atomic E-state index is 12.1. The lowest BCUT2D eigenvalue weighted by molar-refractivity contribution is -0.385. The minimum Gasteiger partial charge on any atom is -0.348 e. The van der Waals surface area contributed by atoms with Gasteiger partial charge >= 0.3 is 0 Å². The molecular weight excluding hydrogens is 288 g/mol. The number of thioether (sulfide) groups is 1. The Hall–Kier alpha value is -1.27. The average molecular weight is 301 g/mol. The molecule has 0 aliphatic carbocycles. The second-order valence-electron chi connectivity index (χ2n) is 4.31. The molecule has 1 aromatic rings. The number of nitro groups is 1. The van der Waals surface area contributed by atoms with Gasteiger partial charge < -0.3 is 5.32 Å². The van der Waals surface area contributed by atoms with Gasteiger partial charge in [-0.15, -0.1) is 0 Å². The van der Waals surface area contributed by atoms with Crippen LogP contribution in [0.5, 0.6) is 0 Å². The normalized spacial score (nSPS) is 18.9. The minimum atomic E-state index is -0.569. The molecule has 19 heavy (non-hydrogen) atoms. The number of nitro benzene ring substituents is 1. The second-order valence-corrected chi connectivity index (χ2v) is 5.89. The van der Waals surface area contributed by atoms with E-state index in [1.165, 1.54) is 18.2 Å². The van der Waals surface area contributed by atoms with Crippen molar-refractivity contribution >= 4 is 35.0 Å². The number of hydrogen-bond donors (Lipinski definition) is 1. The van der Waals surface area contributed by atoms with E-state index < -0.39 is 10.8 Å². The van der Waals surface area contributed by atoms with Crippen LogP contribution in [0.25, 0.3) is 0 Å². The summed E-state index contributed by atoms with van der Waals surface area (Å²) >= 11 is 7.58. The third kappa shape index (κ3) is 3.61. The number of rotatable bonds is 3. The number of halogens is 1. The molecule has 0 spiro atoms. The van der Waals surface area contributed by atoms with E-state index in [1.807, 2.05) is 0 Å². The van der Waals surface area contributed by atoms with Gasteiger partial charge in [-0.3, -0.25) is 14.9 Å². The van der Waals surface area contributed by atoms with Gasteiger partial charge in [-0.1, -0.05) is 11.6 Å². The van der Waals surface area contributed by atoms with Crippen LogP contribution in [0.4, 0.5) is 5.69 Å². The Kier molecular flexibility index (Phi) is 4.66. The zero-order valence-corrected chi connectivity index (χ0v) is 11.7. The monoisotopic (exact) mass is 300 g/mol. The first-order chi connectivity index (χ1) is 9.08. The number of nitrogens with one attached hydrogen (secondary N) is 1. The van der Waals surface area contributed by atoms with E-state index in [-0.39, 0.29) is 17.3 Å². The summed E-state index contributed by atoms with van der Waals surface area (Å²) in [7, 11) is 0. The molecule has 7 heteroatoms. The smallest absolute Gasteiger partial charge is 0.282 e. The summed E-state index contributed by atoms with van der Waals surface area (Å²) in [4.78, 5) is 22.4. The lowest BCUT2D eigenvalue weighted by Gasteiger charge is -2.22. The molecule has 1 amide bonds. The summed E-state index contributed by atoms with van der Waals surface area (Å²) in [5.41, 5.74) is -0.196. The van der Waals surface area contributed by atoms with Crippen molar-refractivity contribution in [2.45, 2.75) is 18.9 Å². The standard InChI is InChI=1S/C12H13ClN2O3S/c13-8-3-4-11(15(17)18)10(6-8)12(16)14-9-2-1-5-19-7-9/h3-4,6,9H,1-2,5,7H2,(H,14,16). The molecule has 1 aliphatic heterocycles. The van der Waals surface area contributed by atoms with Crippen molar-refractivity contribution in [2.24, 2.45) is 0 Å². The predicted octanol–water partition coefficient (Wildman–Crippen LogP) is 2.87. The summed E-state index contributed by atoms with van der Waals surface area (Å²) in [5.74, 6) is 1.52. The Labute approximate surface area is 119 Å². The van der Waals surface area contributed by atoms with E-state index >= 15 is 0 Å². The Morgan fingerprint density at radius 2 is 2.32 bits per heavy atom. The third-order valence-corrected chi connectivity index (χ3v) is 4.35. The van der Waals surface area contributed by atoms with Crippen molar-refractivity contribution < 1.29 is 9.72 Å². The minimum absolute atomic E-state index is 0.0214. The van der Waals surface area contributed by atoms with E-state index in [9.17, 15) is 14.9 Å². The maximum atomic E-state index is 12.1. The summed E-state index contributed by atoms with van der Waals surface area (Å²) in [5, 5.41) is 14.1. The first kappa shape index (κ1) is 14.1. The van der Waals surface area contributed by atoms with Crippen molar-refractivity contribution in [3.8, 4) is 0 Å². The molecule has 5 nitrogen and oxygen atoms in total. The molecule has 2 rings (SSSR count). The predicted molar refractivity (Wildman–Crippen MR) is 75.9 cm³/mol. The molecule has 1 aromatic carbocycles.